The molecule has 0 aliphatic rings. The summed E-state index contributed by atoms with van der Waals surface area (Å²) >= 11 is 0. The number of rotatable bonds is 1. The molecule has 2 rings (SSSR count). The first-order valence-electron chi connectivity index (χ1n) is 4.12. The zero-order chi connectivity index (χ0) is 10.1. The lowest BCUT2D eigenvalue weighted by molar-refractivity contribution is 0.0594. The van der Waals surface area contributed by atoms with E-state index in [1.165, 1.54) is 7.11 Å². The Morgan fingerprint density at radius 3 is 3.00 bits per heavy atom. The monoisotopic (exact) mass is 191 g/mol. The molecule has 72 valence electrons. The molecule has 2 heterocycles. The van der Waals surface area contributed by atoms with Crippen LogP contribution in [0, 0.1) is 6.92 Å². The highest BCUT2D eigenvalue weighted by atomic mass is 16.5. The smallest absolute Gasteiger partial charge is 0.356 e. The lowest BCUT2D eigenvalue weighted by Gasteiger charge is -1.96. The molecule has 0 aliphatic heterocycles. The highest BCUT2D eigenvalue weighted by Crippen LogP contribution is 2.13. The number of carbonyl (C=O) groups is 1. The van der Waals surface area contributed by atoms with E-state index in [2.05, 4.69) is 19.9 Å². The third kappa shape index (κ3) is 1.22. The predicted octanol–water partition coefficient (Wildman–Crippen LogP) is 1.05. The second-order valence-electron chi connectivity index (χ2n) is 2.91. The second kappa shape index (κ2) is 3.10. The van der Waals surface area contributed by atoms with Crippen molar-refractivity contribution in [1.29, 1.82) is 0 Å². The molecule has 0 spiro atoms. The van der Waals surface area contributed by atoms with Gasteiger partial charge in [-0.1, -0.05) is 0 Å². The van der Waals surface area contributed by atoms with Gasteiger partial charge in [0.05, 0.1) is 7.11 Å². The van der Waals surface area contributed by atoms with Gasteiger partial charge >= 0.3 is 5.97 Å². The van der Waals surface area contributed by atoms with Gasteiger partial charge in [-0.15, -0.1) is 0 Å². The van der Waals surface area contributed by atoms with E-state index >= 15 is 0 Å². The van der Waals surface area contributed by atoms with Gasteiger partial charge in [0.1, 0.15) is 0 Å². The van der Waals surface area contributed by atoms with Crippen molar-refractivity contribution in [3.63, 3.8) is 0 Å². The number of hydrogen-bond acceptors (Lipinski definition) is 4. The van der Waals surface area contributed by atoms with Gasteiger partial charge in [0, 0.05) is 11.1 Å². The number of hydrogen-bond donors (Lipinski definition) is 1. The van der Waals surface area contributed by atoms with E-state index in [1.54, 1.807) is 12.1 Å². The van der Waals surface area contributed by atoms with Crippen LogP contribution in [0.3, 0.4) is 0 Å². The van der Waals surface area contributed by atoms with Gasteiger partial charge < -0.3 is 4.74 Å². The Morgan fingerprint density at radius 1 is 1.50 bits per heavy atom. The van der Waals surface area contributed by atoms with Crippen molar-refractivity contribution < 1.29 is 9.53 Å². The molecule has 2 aromatic heterocycles. The number of aromatic nitrogens is 3. The number of methoxy groups -OCH3 is 1. The Hall–Kier alpha value is -1.91. The van der Waals surface area contributed by atoms with Crippen LogP contribution in [0.2, 0.25) is 0 Å². The van der Waals surface area contributed by atoms with Crippen LogP contribution in [0.5, 0.6) is 0 Å². The molecule has 0 unspecified atom stereocenters. The lowest BCUT2D eigenvalue weighted by atomic mass is 10.2. The number of aromatic amines is 1. The maximum atomic E-state index is 11.1. The number of nitrogens with one attached hydrogen (secondary N) is 1. The lowest BCUT2D eigenvalue weighted by Crippen LogP contribution is -2.03. The number of ether oxygens (including phenoxy) is 1. The number of fused-ring (bicyclic) bond motifs is 1. The molecule has 0 aromatic carbocycles. The van der Waals surface area contributed by atoms with Crippen molar-refractivity contribution >= 4 is 17.0 Å². The minimum Gasteiger partial charge on any atom is -0.464 e. The first kappa shape index (κ1) is 8.68. The molecular formula is C9H9N3O2. The Balaban J connectivity index is 2.57. The van der Waals surface area contributed by atoms with E-state index in [0.29, 0.717) is 5.65 Å². The van der Waals surface area contributed by atoms with Crippen molar-refractivity contribution in [2.45, 2.75) is 6.92 Å². The third-order valence-electron chi connectivity index (χ3n) is 2.00. The molecule has 1 N–H and O–H groups in total. The summed E-state index contributed by atoms with van der Waals surface area (Å²) in [5.74, 6) is -0.451. The van der Waals surface area contributed by atoms with E-state index in [-0.39, 0.29) is 5.69 Å². The van der Waals surface area contributed by atoms with Gasteiger partial charge in [-0.3, -0.25) is 5.10 Å². The summed E-state index contributed by atoms with van der Waals surface area (Å²) in [6.45, 7) is 1.90. The molecule has 0 radical (unpaired) electrons. The van der Waals surface area contributed by atoms with Gasteiger partial charge in [0.15, 0.2) is 11.3 Å². The average Bonchev–Trinajstić information content (AvgIpc) is 2.59. The number of aryl methyl sites for hydroxylation is 1. The Kier molecular flexibility index (Phi) is 1.92. The molecule has 0 atom stereocenters. The molecule has 0 saturated heterocycles. The topological polar surface area (TPSA) is 67.9 Å². The van der Waals surface area contributed by atoms with Crippen LogP contribution in [-0.2, 0) is 4.74 Å². The van der Waals surface area contributed by atoms with Crippen LogP contribution in [0.1, 0.15) is 16.2 Å². The van der Waals surface area contributed by atoms with Crippen LogP contribution >= 0.6 is 0 Å². The van der Waals surface area contributed by atoms with Crippen molar-refractivity contribution in [2.75, 3.05) is 7.11 Å². The fourth-order valence-electron chi connectivity index (χ4n) is 1.24. The van der Waals surface area contributed by atoms with Crippen molar-refractivity contribution in [3.8, 4) is 0 Å². The van der Waals surface area contributed by atoms with Gasteiger partial charge in [-0.05, 0) is 19.1 Å². The summed E-state index contributed by atoms with van der Waals surface area (Å²) in [5.41, 5.74) is 1.74. The highest BCUT2D eigenvalue weighted by molar-refractivity contribution is 5.90. The predicted molar refractivity (Wildman–Crippen MR) is 50.0 cm³/mol. The maximum Gasteiger partial charge on any atom is 0.356 e. The molecule has 0 amide bonds. The Labute approximate surface area is 80.1 Å². The van der Waals surface area contributed by atoms with Gasteiger partial charge in [0.25, 0.3) is 0 Å². The molecule has 5 heteroatoms. The Bertz CT molecular complexity index is 490. The van der Waals surface area contributed by atoms with Crippen LogP contribution in [0.25, 0.3) is 11.0 Å². The number of H-pyrrole nitrogens is 1. The highest BCUT2D eigenvalue weighted by Gasteiger charge is 2.09. The summed E-state index contributed by atoms with van der Waals surface area (Å²) in [6, 6.07) is 3.42. The average molecular weight is 191 g/mol. The number of nitrogens with zero attached hydrogens (tertiary/aromatic N) is 2. The van der Waals surface area contributed by atoms with Gasteiger partial charge in [0.2, 0.25) is 0 Å². The molecule has 14 heavy (non-hydrogen) atoms. The van der Waals surface area contributed by atoms with Crippen molar-refractivity contribution in [3.05, 3.63) is 23.5 Å². The van der Waals surface area contributed by atoms with Crippen LogP contribution in [0.15, 0.2) is 12.1 Å². The quantitative estimate of drug-likeness (QED) is 0.684. The number of esters is 1. The molecule has 0 bridgehead atoms. The van der Waals surface area contributed by atoms with E-state index in [0.717, 1.165) is 11.1 Å². The molecule has 0 fully saturated rings. The normalized spacial score (nSPS) is 10.4. The fourth-order valence-corrected chi connectivity index (χ4v) is 1.24. The van der Waals surface area contributed by atoms with E-state index in [4.69, 9.17) is 0 Å². The minimum atomic E-state index is -0.451. The number of pyridine rings is 1. The largest absolute Gasteiger partial charge is 0.464 e. The van der Waals surface area contributed by atoms with E-state index < -0.39 is 5.97 Å². The van der Waals surface area contributed by atoms with Crippen molar-refractivity contribution in [1.82, 2.24) is 15.2 Å². The first-order valence-corrected chi connectivity index (χ1v) is 4.12. The molecule has 0 saturated carbocycles. The van der Waals surface area contributed by atoms with E-state index in [9.17, 15) is 4.79 Å². The van der Waals surface area contributed by atoms with E-state index in [1.807, 2.05) is 6.92 Å². The van der Waals surface area contributed by atoms with Crippen molar-refractivity contribution in [2.24, 2.45) is 0 Å². The summed E-state index contributed by atoms with van der Waals surface area (Å²) < 4.78 is 4.55. The zero-order valence-corrected chi connectivity index (χ0v) is 7.87. The van der Waals surface area contributed by atoms with Crippen LogP contribution in [-0.4, -0.2) is 28.3 Å². The zero-order valence-electron chi connectivity index (χ0n) is 7.87. The van der Waals surface area contributed by atoms with Gasteiger partial charge in [-0.25, -0.2) is 9.78 Å². The first-order chi connectivity index (χ1) is 6.72. The SMILES string of the molecule is COC(=O)c1ccc2c(C)[nH]nc2n1. The second-order valence-corrected chi connectivity index (χ2v) is 2.91. The fraction of sp³-hybridized carbons (Fsp3) is 0.222. The summed E-state index contributed by atoms with van der Waals surface area (Å²) in [4.78, 5) is 15.2. The molecule has 0 aliphatic carbocycles. The van der Waals surface area contributed by atoms with Crippen LogP contribution < -0.4 is 0 Å². The Morgan fingerprint density at radius 2 is 2.29 bits per heavy atom. The summed E-state index contributed by atoms with van der Waals surface area (Å²) in [7, 11) is 1.32. The summed E-state index contributed by atoms with van der Waals surface area (Å²) in [6.07, 6.45) is 0. The molecule has 2 aromatic rings. The number of carbonyl (C=O) groups excluding carboxylic acids is 1. The minimum absolute atomic E-state index is 0.270. The van der Waals surface area contributed by atoms with Crippen LogP contribution in [0.4, 0.5) is 0 Å². The summed E-state index contributed by atoms with van der Waals surface area (Å²) in [5, 5.41) is 7.66. The maximum absolute atomic E-state index is 11.1. The van der Waals surface area contributed by atoms with Gasteiger partial charge in [-0.2, -0.15) is 5.10 Å². The molecular weight excluding hydrogens is 182 g/mol. The third-order valence-corrected chi connectivity index (χ3v) is 2.00. The standard InChI is InChI=1S/C9H9N3O2/c1-5-6-3-4-7(9(13)14-2)10-8(6)12-11-5/h3-4H,1-2H3,(H,10,11,12). The molecule has 5 nitrogen and oxygen atoms in total.